The Morgan fingerprint density at radius 2 is 1.72 bits per heavy atom. The molecule has 1 nitrogen and oxygen atoms in total. The van der Waals surface area contributed by atoms with Crippen LogP contribution in [-0.2, 0) is 0 Å². The number of nitrogens with zero attached hydrogens (tertiary/aromatic N) is 1. The molecule has 1 aliphatic rings. The first-order valence-corrected chi connectivity index (χ1v) is 11.5. The second kappa shape index (κ2) is 10.8. The Hall–Kier alpha value is -1.83. The maximum atomic E-state index is 14.1. The van der Waals surface area contributed by atoms with E-state index in [2.05, 4.69) is 60.5 Å². The van der Waals surface area contributed by atoms with Crippen LogP contribution >= 0.6 is 12.2 Å². The number of rotatable bonds is 8. The van der Waals surface area contributed by atoms with Crippen molar-refractivity contribution in [1.29, 1.82) is 0 Å². The van der Waals surface area contributed by atoms with Crippen molar-refractivity contribution in [3.8, 4) is 11.1 Å². The molecule has 29 heavy (non-hydrogen) atoms. The third-order valence-corrected chi connectivity index (χ3v) is 6.79. The topological polar surface area (TPSA) is 12.4 Å². The smallest absolute Gasteiger partial charge is 0.150 e. The second-order valence-electron chi connectivity index (χ2n) is 8.56. The normalized spacial score (nSPS) is 20.1. The number of thiocarbonyl (C=S) groups is 1. The fraction of sp³-hybridized carbons (Fsp3) is 0.500. The maximum Gasteiger partial charge on any atom is 0.150 e. The number of unbranched alkanes of at least 4 members (excludes halogenated alkanes) is 2. The minimum atomic E-state index is -0.368. The summed E-state index contributed by atoms with van der Waals surface area (Å²) in [5, 5.41) is 2.22. The molecule has 0 radical (unpaired) electrons. The minimum absolute atomic E-state index is 0.235. The molecule has 0 aromatic heterocycles. The highest BCUT2D eigenvalue weighted by atomic mass is 32.1. The Balaban J connectivity index is 1.60. The van der Waals surface area contributed by atoms with Crippen LogP contribution in [0.25, 0.3) is 11.1 Å². The highest BCUT2D eigenvalue weighted by molar-refractivity contribution is 7.78. The van der Waals surface area contributed by atoms with Crippen LogP contribution in [0.4, 0.5) is 10.1 Å². The molecule has 154 valence electrons. The van der Waals surface area contributed by atoms with Gasteiger partial charge in [-0.15, -0.1) is 0 Å². The van der Waals surface area contributed by atoms with Gasteiger partial charge in [0.1, 0.15) is 11.5 Å². The highest BCUT2D eigenvalue weighted by Crippen LogP contribution is 2.40. The monoisotopic (exact) mass is 409 g/mol. The van der Waals surface area contributed by atoms with E-state index >= 15 is 0 Å². The number of hydrogen-bond donors (Lipinski definition) is 0. The van der Waals surface area contributed by atoms with E-state index in [0.29, 0.717) is 5.92 Å². The van der Waals surface area contributed by atoms with Gasteiger partial charge in [0.05, 0.1) is 5.16 Å². The van der Waals surface area contributed by atoms with Gasteiger partial charge >= 0.3 is 0 Å². The molecule has 1 fully saturated rings. The first-order chi connectivity index (χ1) is 14.1. The molecule has 3 rings (SSSR count). The summed E-state index contributed by atoms with van der Waals surface area (Å²) < 4.78 is 14.1. The molecule has 1 unspecified atom stereocenters. The van der Waals surface area contributed by atoms with E-state index < -0.39 is 0 Å². The SMILES string of the molecule is CCCCCC1CCC(C(C)c2ccc(-c3ccc(N=C=S)c(F)c3)cc2)CC1. The molecular weight excluding hydrogens is 377 g/mol. The Bertz CT molecular complexity index is 830. The molecule has 0 spiro atoms. The zero-order valence-corrected chi connectivity index (χ0v) is 18.5. The molecule has 0 aliphatic heterocycles. The number of isothiocyanates is 1. The molecule has 0 bridgehead atoms. The van der Waals surface area contributed by atoms with Crippen molar-refractivity contribution in [2.24, 2.45) is 16.8 Å². The Labute approximate surface area is 180 Å². The number of benzene rings is 2. The summed E-state index contributed by atoms with van der Waals surface area (Å²) in [6.45, 7) is 4.65. The summed E-state index contributed by atoms with van der Waals surface area (Å²) in [7, 11) is 0. The standard InChI is InChI=1S/C26H32FNS/c1-3-4-5-6-20-7-9-21(10-8-20)19(2)22-11-13-23(14-12-22)24-15-16-26(28-18-29)25(27)17-24/h11-17,19-21H,3-10H2,1-2H3. The quantitative estimate of drug-likeness (QED) is 0.241. The maximum absolute atomic E-state index is 14.1. The molecule has 2 aromatic rings. The Morgan fingerprint density at radius 1 is 1.03 bits per heavy atom. The predicted octanol–water partition coefficient (Wildman–Crippen LogP) is 8.72. The van der Waals surface area contributed by atoms with Crippen LogP contribution in [0, 0.1) is 17.7 Å². The predicted molar refractivity (Wildman–Crippen MR) is 125 cm³/mol. The van der Waals surface area contributed by atoms with Gasteiger partial charge in [0.15, 0.2) is 0 Å². The zero-order valence-electron chi connectivity index (χ0n) is 17.7. The fourth-order valence-electron chi connectivity index (χ4n) is 4.74. The third kappa shape index (κ3) is 5.84. The first kappa shape index (κ1) is 21.9. The van der Waals surface area contributed by atoms with Crippen molar-refractivity contribution in [2.75, 3.05) is 0 Å². The first-order valence-electron chi connectivity index (χ1n) is 11.1. The van der Waals surface area contributed by atoms with Gasteiger partial charge in [0, 0.05) is 0 Å². The minimum Gasteiger partial charge on any atom is -0.205 e. The van der Waals surface area contributed by atoms with Gasteiger partial charge in [-0.2, -0.15) is 4.99 Å². The molecule has 0 amide bonds. The molecule has 0 N–H and O–H groups in total. The summed E-state index contributed by atoms with van der Waals surface area (Å²) in [4.78, 5) is 3.75. The van der Waals surface area contributed by atoms with Crippen LogP contribution < -0.4 is 0 Å². The Kier molecular flexibility index (Phi) is 8.15. The lowest BCUT2D eigenvalue weighted by atomic mass is 9.73. The van der Waals surface area contributed by atoms with Crippen LogP contribution in [0.3, 0.4) is 0 Å². The highest BCUT2D eigenvalue weighted by Gasteiger charge is 2.25. The molecular formula is C26H32FNS. The largest absolute Gasteiger partial charge is 0.205 e. The molecule has 3 heteroatoms. The molecule has 1 atom stereocenters. The Morgan fingerprint density at radius 3 is 2.34 bits per heavy atom. The average molecular weight is 410 g/mol. The lowest BCUT2D eigenvalue weighted by Crippen LogP contribution is -2.19. The lowest BCUT2D eigenvalue weighted by Gasteiger charge is -2.32. The van der Waals surface area contributed by atoms with E-state index in [1.54, 1.807) is 6.07 Å². The van der Waals surface area contributed by atoms with Crippen molar-refractivity contribution >= 4 is 23.1 Å². The van der Waals surface area contributed by atoms with E-state index in [0.717, 1.165) is 23.0 Å². The van der Waals surface area contributed by atoms with E-state index in [-0.39, 0.29) is 11.5 Å². The van der Waals surface area contributed by atoms with Crippen LogP contribution in [0.5, 0.6) is 0 Å². The van der Waals surface area contributed by atoms with Crippen LogP contribution in [0.1, 0.15) is 76.7 Å². The van der Waals surface area contributed by atoms with Crippen LogP contribution in [0.15, 0.2) is 47.5 Å². The van der Waals surface area contributed by atoms with E-state index in [9.17, 15) is 4.39 Å². The summed E-state index contributed by atoms with van der Waals surface area (Å²) in [6, 6.07) is 13.7. The van der Waals surface area contributed by atoms with Gasteiger partial charge in [-0.05, 0) is 71.6 Å². The third-order valence-electron chi connectivity index (χ3n) is 6.70. The van der Waals surface area contributed by atoms with Crippen LogP contribution in [-0.4, -0.2) is 5.16 Å². The van der Waals surface area contributed by atoms with Crippen molar-refractivity contribution in [2.45, 2.75) is 71.1 Å². The van der Waals surface area contributed by atoms with Gasteiger partial charge in [0.2, 0.25) is 0 Å². The van der Waals surface area contributed by atoms with Gasteiger partial charge in [-0.25, -0.2) is 4.39 Å². The van der Waals surface area contributed by atoms with E-state index in [1.165, 1.54) is 63.0 Å². The summed E-state index contributed by atoms with van der Waals surface area (Å²) in [5.74, 6) is 1.95. The van der Waals surface area contributed by atoms with Crippen molar-refractivity contribution in [1.82, 2.24) is 0 Å². The van der Waals surface area contributed by atoms with Crippen molar-refractivity contribution in [3.05, 3.63) is 53.8 Å². The summed E-state index contributed by atoms with van der Waals surface area (Å²) in [6.07, 6.45) is 11.0. The van der Waals surface area contributed by atoms with Gasteiger partial charge in [0.25, 0.3) is 0 Å². The molecule has 1 saturated carbocycles. The molecule has 2 aromatic carbocycles. The molecule has 0 heterocycles. The average Bonchev–Trinajstić information content (AvgIpc) is 2.76. The van der Waals surface area contributed by atoms with Crippen LogP contribution in [0.2, 0.25) is 0 Å². The lowest BCUT2D eigenvalue weighted by molar-refractivity contribution is 0.236. The summed E-state index contributed by atoms with van der Waals surface area (Å²) in [5.41, 5.74) is 3.51. The number of halogens is 1. The number of hydrogen-bond acceptors (Lipinski definition) is 2. The van der Waals surface area contributed by atoms with Gasteiger partial charge in [-0.3, -0.25) is 0 Å². The molecule has 1 aliphatic carbocycles. The van der Waals surface area contributed by atoms with Crippen molar-refractivity contribution < 1.29 is 4.39 Å². The number of aliphatic imine (C=N–C) groups is 1. The molecule has 0 saturated heterocycles. The summed E-state index contributed by atoms with van der Waals surface area (Å²) >= 11 is 4.56. The fourth-order valence-corrected chi connectivity index (χ4v) is 4.84. The van der Waals surface area contributed by atoms with E-state index in [1.807, 2.05) is 6.07 Å². The van der Waals surface area contributed by atoms with Gasteiger partial charge in [-0.1, -0.05) is 82.7 Å². The van der Waals surface area contributed by atoms with Gasteiger partial charge < -0.3 is 0 Å². The second-order valence-corrected chi connectivity index (χ2v) is 8.74. The zero-order chi connectivity index (χ0) is 20.6. The van der Waals surface area contributed by atoms with E-state index in [4.69, 9.17) is 0 Å². The van der Waals surface area contributed by atoms with Crippen molar-refractivity contribution in [3.63, 3.8) is 0 Å².